The molecule has 11 atom stereocenters. The predicted octanol–water partition coefficient (Wildman–Crippen LogP) is 4.41. The average molecular weight is 762 g/mol. The van der Waals surface area contributed by atoms with Crippen LogP contribution in [-0.4, -0.2) is 134 Å². The third-order valence-electron chi connectivity index (χ3n) is 11.9. The first kappa shape index (κ1) is 47.4. The fourth-order valence-electron chi connectivity index (χ4n) is 8.45. The highest BCUT2D eigenvalue weighted by atomic mass is 16.5. The third-order valence-corrected chi connectivity index (χ3v) is 11.9. The summed E-state index contributed by atoms with van der Waals surface area (Å²) in [6.07, 6.45) is 7.97. The number of amides is 4. The van der Waals surface area contributed by atoms with Gasteiger partial charge in [-0.2, -0.15) is 0 Å². The van der Waals surface area contributed by atoms with Crippen LogP contribution < -0.4 is 10.6 Å². The Hall–Kier alpha value is -2.80. The van der Waals surface area contributed by atoms with E-state index in [2.05, 4.69) is 37.5 Å². The normalized spacial score (nSPS) is 22.8. The number of hydrogen-bond donors (Lipinski definition) is 3. The van der Waals surface area contributed by atoms with Gasteiger partial charge < -0.3 is 35.0 Å². The van der Waals surface area contributed by atoms with Crippen LogP contribution in [0.3, 0.4) is 0 Å². The number of aliphatic hydroxyl groups is 1. The van der Waals surface area contributed by atoms with Gasteiger partial charge in [-0.3, -0.25) is 24.1 Å². The van der Waals surface area contributed by atoms with Crippen LogP contribution in [0.1, 0.15) is 101 Å². The molecule has 12 heteroatoms. The van der Waals surface area contributed by atoms with Crippen molar-refractivity contribution >= 4 is 23.6 Å². The van der Waals surface area contributed by atoms with Crippen molar-refractivity contribution in [2.45, 2.75) is 149 Å². The first-order valence-electron chi connectivity index (χ1n) is 20.3. The summed E-state index contributed by atoms with van der Waals surface area (Å²) in [6, 6.07) is -2.44. The number of hydrogen-bond acceptors (Lipinski definition) is 8. The van der Waals surface area contributed by atoms with Gasteiger partial charge in [0.2, 0.25) is 23.6 Å². The van der Waals surface area contributed by atoms with Gasteiger partial charge in [-0.25, -0.2) is 0 Å². The molecule has 4 amide bonds. The lowest BCUT2D eigenvalue weighted by Gasteiger charge is -2.43. The van der Waals surface area contributed by atoms with Crippen LogP contribution in [0.5, 0.6) is 0 Å². The molecule has 2 rings (SSSR count). The van der Waals surface area contributed by atoms with E-state index < -0.39 is 48.4 Å². The predicted molar refractivity (Wildman–Crippen MR) is 214 cm³/mol. The lowest BCUT2D eigenvalue weighted by molar-refractivity contribution is -0.150. The molecule has 0 aromatic rings. The van der Waals surface area contributed by atoms with Gasteiger partial charge in [-0.1, -0.05) is 80.0 Å². The Morgan fingerprint density at radius 2 is 1.59 bits per heavy atom. The number of ether oxygens (including phenoxy) is 2. The van der Waals surface area contributed by atoms with Gasteiger partial charge in [-0.05, 0) is 75.9 Å². The van der Waals surface area contributed by atoms with E-state index in [-0.39, 0.29) is 59.8 Å². The Labute approximate surface area is 326 Å². The standard InChI is InChI=1S/C42H75N5O7/c1-15-27(6)37(46(12)42(52)35(25(2)3)44-41(51)36(26(4)5)45(10)11)33(53-13)24-34(48)47-23-19-18-22-32(47)39(54-14)29(8)40(50)43-30(9)38(49)31-21-17-16-20-28(31)7/h16-17,21,25-30,32-33,35-39,49H,15,18-20,22-24H2,1-14H3,(H,43,50)(H,44,51)/t27-,28?,29+,30+,32-,33+,35-,36-,37-,38+,39+/m0/s1. The van der Waals surface area contributed by atoms with E-state index in [1.165, 1.54) is 0 Å². The van der Waals surface area contributed by atoms with Gasteiger partial charge in [-0.15, -0.1) is 0 Å². The summed E-state index contributed by atoms with van der Waals surface area (Å²) in [5, 5.41) is 17.1. The molecule has 1 fully saturated rings. The number of carbonyl (C=O) groups is 4. The molecule has 1 heterocycles. The summed E-state index contributed by atoms with van der Waals surface area (Å²) < 4.78 is 12.1. The molecule has 1 aliphatic heterocycles. The third kappa shape index (κ3) is 12.1. The van der Waals surface area contributed by atoms with Crippen molar-refractivity contribution in [1.82, 2.24) is 25.3 Å². The molecule has 2 aliphatic rings. The van der Waals surface area contributed by atoms with Crippen molar-refractivity contribution in [2.75, 3.05) is 41.9 Å². The second kappa shape index (κ2) is 22.1. The van der Waals surface area contributed by atoms with Crippen molar-refractivity contribution in [3.05, 3.63) is 23.8 Å². The number of carbonyl (C=O) groups excluding carboxylic acids is 4. The highest BCUT2D eigenvalue weighted by Crippen LogP contribution is 2.30. The molecule has 0 spiro atoms. The van der Waals surface area contributed by atoms with Crippen LogP contribution in [0, 0.1) is 29.6 Å². The molecule has 12 nitrogen and oxygen atoms in total. The monoisotopic (exact) mass is 762 g/mol. The van der Waals surface area contributed by atoms with E-state index >= 15 is 0 Å². The largest absolute Gasteiger partial charge is 0.387 e. The van der Waals surface area contributed by atoms with Crippen molar-refractivity contribution < 1.29 is 33.8 Å². The Morgan fingerprint density at radius 1 is 0.944 bits per heavy atom. The second-order valence-corrected chi connectivity index (χ2v) is 16.8. The highest BCUT2D eigenvalue weighted by Gasteiger charge is 2.42. The second-order valence-electron chi connectivity index (χ2n) is 16.8. The lowest BCUT2D eigenvalue weighted by Crippen LogP contribution is -2.60. The number of methoxy groups -OCH3 is 2. The number of aliphatic hydroxyl groups excluding tert-OH is 1. The molecule has 0 aromatic heterocycles. The Morgan fingerprint density at radius 3 is 2.11 bits per heavy atom. The fraction of sp³-hybridized carbons (Fsp3) is 0.810. The minimum absolute atomic E-state index is 0.0151. The Bertz CT molecular complexity index is 1280. The van der Waals surface area contributed by atoms with Crippen molar-refractivity contribution in [3.63, 3.8) is 0 Å². The zero-order valence-corrected chi connectivity index (χ0v) is 35.9. The summed E-state index contributed by atoms with van der Waals surface area (Å²) in [5.74, 6) is -1.32. The molecular formula is C42H75N5O7. The number of nitrogens with one attached hydrogen (secondary N) is 2. The topological polar surface area (TPSA) is 141 Å². The molecule has 1 aliphatic carbocycles. The number of likely N-dealkylation sites (tertiary alicyclic amines) is 1. The average Bonchev–Trinajstić information content (AvgIpc) is 3.12. The summed E-state index contributed by atoms with van der Waals surface area (Å²) in [6.45, 7) is 18.1. The van der Waals surface area contributed by atoms with E-state index in [4.69, 9.17) is 9.47 Å². The van der Waals surface area contributed by atoms with Gasteiger partial charge in [0.25, 0.3) is 0 Å². The summed E-state index contributed by atoms with van der Waals surface area (Å²) >= 11 is 0. The van der Waals surface area contributed by atoms with Crippen molar-refractivity contribution in [1.29, 1.82) is 0 Å². The van der Waals surface area contributed by atoms with Crippen LogP contribution in [0.4, 0.5) is 0 Å². The Kier molecular flexibility index (Phi) is 19.4. The summed E-state index contributed by atoms with van der Waals surface area (Å²) in [4.78, 5) is 61.1. The molecular weight excluding hydrogens is 686 g/mol. The number of nitrogens with zero attached hydrogens (tertiary/aromatic N) is 3. The van der Waals surface area contributed by atoms with Gasteiger partial charge in [0.05, 0.1) is 54.8 Å². The zero-order chi connectivity index (χ0) is 41.0. The molecule has 0 saturated carbocycles. The first-order chi connectivity index (χ1) is 25.3. The minimum Gasteiger partial charge on any atom is -0.387 e. The zero-order valence-electron chi connectivity index (χ0n) is 35.9. The van der Waals surface area contributed by atoms with Gasteiger partial charge >= 0.3 is 0 Å². The molecule has 1 saturated heterocycles. The molecule has 54 heavy (non-hydrogen) atoms. The maximum Gasteiger partial charge on any atom is 0.245 e. The smallest absolute Gasteiger partial charge is 0.245 e. The fourth-order valence-corrected chi connectivity index (χ4v) is 8.45. The van der Waals surface area contributed by atoms with E-state index in [1.807, 2.05) is 77.6 Å². The summed E-state index contributed by atoms with van der Waals surface area (Å²) in [5.41, 5.74) is 0.898. The number of rotatable bonds is 20. The van der Waals surface area contributed by atoms with E-state index in [9.17, 15) is 24.3 Å². The summed E-state index contributed by atoms with van der Waals surface area (Å²) in [7, 11) is 8.62. The molecule has 1 unspecified atom stereocenters. The van der Waals surface area contributed by atoms with E-state index in [0.717, 1.165) is 31.3 Å². The maximum atomic E-state index is 14.3. The van der Waals surface area contributed by atoms with E-state index in [0.29, 0.717) is 13.0 Å². The number of likely N-dealkylation sites (N-methyl/N-ethyl adjacent to an activating group) is 2. The number of allylic oxidation sites excluding steroid dienone is 3. The quantitative estimate of drug-likeness (QED) is 0.166. The van der Waals surface area contributed by atoms with Crippen LogP contribution in [-0.2, 0) is 28.7 Å². The van der Waals surface area contributed by atoms with Gasteiger partial charge in [0.1, 0.15) is 6.04 Å². The van der Waals surface area contributed by atoms with Crippen molar-refractivity contribution in [2.24, 2.45) is 29.6 Å². The highest BCUT2D eigenvalue weighted by molar-refractivity contribution is 5.90. The molecule has 0 bridgehead atoms. The minimum atomic E-state index is -0.814. The van der Waals surface area contributed by atoms with Gasteiger partial charge in [0.15, 0.2) is 0 Å². The lowest BCUT2D eigenvalue weighted by atomic mass is 9.86. The van der Waals surface area contributed by atoms with Crippen LogP contribution in [0.2, 0.25) is 0 Å². The SMILES string of the molecule is CC[C@H](C)[C@@H]([C@@H](CC(=O)N1CCCC[C@H]1[C@H](OC)[C@@H](C)C(=O)N[C@H](C)[C@@H](O)C1=CC=CCC1C)OC)N(C)C(=O)[C@@H](NC(=O)[C@H](C(C)C)N(C)C)C(C)C. The Balaban J connectivity index is 2.29. The maximum absolute atomic E-state index is 14.3. The van der Waals surface area contributed by atoms with Crippen LogP contribution in [0.25, 0.3) is 0 Å². The van der Waals surface area contributed by atoms with Crippen LogP contribution in [0.15, 0.2) is 23.8 Å². The molecule has 3 N–H and O–H groups in total. The van der Waals surface area contributed by atoms with E-state index in [1.54, 1.807) is 26.2 Å². The first-order valence-corrected chi connectivity index (χ1v) is 20.3. The van der Waals surface area contributed by atoms with Crippen LogP contribution >= 0.6 is 0 Å². The van der Waals surface area contributed by atoms with Crippen molar-refractivity contribution in [3.8, 4) is 0 Å². The molecule has 0 radical (unpaired) electrons. The number of piperidine rings is 1. The van der Waals surface area contributed by atoms with Gasteiger partial charge in [0, 0.05) is 27.8 Å². The molecule has 0 aromatic carbocycles. The molecule has 310 valence electrons.